The number of nitrogens with one attached hydrogen (secondary N) is 1. The largest absolute Gasteiger partial charge is 0.372 e. The van der Waals surface area contributed by atoms with Gasteiger partial charge in [0.05, 0.1) is 6.07 Å². The second-order valence-electron chi connectivity index (χ2n) is 7.73. The molecule has 5 heteroatoms. The highest BCUT2D eigenvalue weighted by Gasteiger charge is 2.24. The Morgan fingerprint density at radius 3 is 2.38 bits per heavy atom. The lowest BCUT2D eigenvalue weighted by Crippen LogP contribution is -2.38. The Labute approximate surface area is 157 Å². The van der Waals surface area contributed by atoms with Gasteiger partial charge in [-0.25, -0.2) is 0 Å². The molecule has 26 heavy (non-hydrogen) atoms. The number of carbonyl (C=O) groups excluding carboxylic acids is 1. The van der Waals surface area contributed by atoms with Crippen LogP contribution in [0.5, 0.6) is 0 Å². The van der Waals surface area contributed by atoms with Crippen molar-refractivity contribution in [2.75, 3.05) is 42.9 Å². The van der Waals surface area contributed by atoms with Crippen LogP contribution in [0.1, 0.15) is 39.0 Å². The van der Waals surface area contributed by atoms with Gasteiger partial charge in [-0.2, -0.15) is 5.26 Å². The average molecular weight is 354 g/mol. The topological polar surface area (TPSA) is 59.4 Å². The summed E-state index contributed by atoms with van der Waals surface area (Å²) in [5, 5.41) is 11.8. The van der Waals surface area contributed by atoms with E-state index in [1.807, 2.05) is 12.1 Å². The van der Waals surface area contributed by atoms with Crippen LogP contribution in [0.3, 0.4) is 0 Å². The average Bonchev–Trinajstić information content (AvgIpc) is 2.68. The predicted octanol–water partition coefficient (Wildman–Crippen LogP) is 3.49. The molecule has 0 aliphatic carbocycles. The smallest absolute Gasteiger partial charge is 0.227 e. The van der Waals surface area contributed by atoms with Crippen LogP contribution in [0.15, 0.2) is 24.3 Å². The molecule has 2 saturated heterocycles. The van der Waals surface area contributed by atoms with Crippen molar-refractivity contribution in [3.05, 3.63) is 24.3 Å². The van der Waals surface area contributed by atoms with E-state index in [4.69, 9.17) is 5.26 Å². The highest BCUT2D eigenvalue weighted by atomic mass is 16.1. The third kappa shape index (κ3) is 4.98. The molecule has 140 valence electrons. The minimum absolute atomic E-state index is 0.0802. The van der Waals surface area contributed by atoms with Gasteiger partial charge in [-0.15, -0.1) is 0 Å². The molecule has 5 nitrogen and oxygen atoms in total. The second kappa shape index (κ2) is 9.05. The van der Waals surface area contributed by atoms with Gasteiger partial charge in [-0.3, -0.25) is 4.79 Å². The van der Waals surface area contributed by atoms with Crippen LogP contribution in [0.25, 0.3) is 0 Å². The van der Waals surface area contributed by atoms with Gasteiger partial charge in [0.15, 0.2) is 0 Å². The molecule has 0 unspecified atom stereocenters. The van der Waals surface area contributed by atoms with Crippen molar-refractivity contribution < 1.29 is 4.79 Å². The van der Waals surface area contributed by atoms with E-state index < -0.39 is 0 Å². The number of nitriles is 1. The fourth-order valence-corrected chi connectivity index (χ4v) is 3.89. The summed E-state index contributed by atoms with van der Waals surface area (Å²) >= 11 is 0. The molecule has 0 bridgehead atoms. The third-order valence-electron chi connectivity index (χ3n) is 5.78. The van der Waals surface area contributed by atoms with E-state index in [-0.39, 0.29) is 11.8 Å². The van der Waals surface area contributed by atoms with E-state index in [1.54, 1.807) is 0 Å². The van der Waals surface area contributed by atoms with Gasteiger partial charge in [0.2, 0.25) is 5.91 Å². The van der Waals surface area contributed by atoms with Gasteiger partial charge in [0.1, 0.15) is 0 Å². The minimum Gasteiger partial charge on any atom is -0.372 e. The Balaban J connectivity index is 1.47. The summed E-state index contributed by atoms with van der Waals surface area (Å²) in [5.41, 5.74) is 2.14. The Morgan fingerprint density at radius 2 is 1.77 bits per heavy atom. The second-order valence-corrected chi connectivity index (χ2v) is 7.73. The van der Waals surface area contributed by atoms with E-state index in [1.165, 1.54) is 18.5 Å². The molecule has 1 amide bonds. The molecule has 2 aliphatic heterocycles. The molecule has 2 heterocycles. The molecule has 2 fully saturated rings. The van der Waals surface area contributed by atoms with Crippen LogP contribution >= 0.6 is 0 Å². The first kappa shape index (κ1) is 18.7. The van der Waals surface area contributed by atoms with Crippen molar-refractivity contribution in [3.63, 3.8) is 0 Å². The van der Waals surface area contributed by atoms with Crippen LogP contribution in [0.2, 0.25) is 0 Å². The first-order valence-corrected chi connectivity index (χ1v) is 9.91. The number of rotatable bonds is 5. The van der Waals surface area contributed by atoms with Crippen LogP contribution in [-0.2, 0) is 4.79 Å². The molecule has 3 rings (SSSR count). The van der Waals surface area contributed by atoms with Crippen LogP contribution in [0.4, 0.5) is 11.4 Å². The number of hydrogen-bond acceptors (Lipinski definition) is 4. The minimum atomic E-state index is 0.0802. The molecule has 1 aromatic rings. The van der Waals surface area contributed by atoms with Gasteiger partial charge < -0.3 is 15.1 Å². The number of carbonyl (C=O) groups is 1. The van der Waals surface area contributed by atoms with Crippen molar-refractivity contribution in [2.24, 2.45) is 11.8 Å². The first-order valence-electron chi connectivity index (χ1n) is 9.91. The zero-order valence-electron chi connectivity index (χ0n) is 15.8. The Morgan fingerprint density at radius 1 is 1.12 bits per heavy atom. The number of benzene rings is 1. The predicted molar refractivity (Wildman–Crippen MR) is 105 cm³/mol. The fraction of sp³-hybridized carbons (Fsp3) is 0.619. The maximum absolute atomic E-state index is 12.5. The molecule has 0 saturated carbocycles. The van der Waals surface area contributed by atoms with E-state index in [2.05, 4.69) is 40.2 Å². The Kier molecular flexibility index (Phi) is 6.51. The molecule has 2 aliphatic rings. The SMILES string of the molecule is CC1CCN(c2ccc(NC(=O)C3CCN(CCC#N)CC3)cc2)CC1. The summed E-state index contributed by atoms with van der Waals surface area (Å²) in [6.45, 7) is 7.21. The van der Waals surface area contributed by atoms with Crippen LogP contribution < -0.4 is 10.2 Å². The van der Waals surface area contributed by atoms with E-state index in [0.717, 1.165) is 57.2 Å². The molecular formula is C21H30N4O. The van der Waals surface area contributed by atoms with Gasteiger partial charge in [0.25, 0.3) is 0 Å². The van der Waals surface area contributed by atoms with Crippen molar-refractivity contribution in [1.82, 2.24) is 4.90 Å². The van der Waals surface area contributed by atoms with Gasteiger partial charge in [-0.05, 0) is 69.0 Å². The van der Waals surface area contributed by atoms with Gasteiger partial charge in [-0.1, -0.05) is 6.92 Å². The van der Waals surface area contributed by atoms with E-state index in [0.29, 0.717) is 6.42 Å². The molecular weight excluding hydrogens is 324 g/mol. The number of piperidine rings is 2. The standard InChI is InChI=1S/C21H30N4O/c1-17-7-15-25(16-8-17)20-5-3-19(4-6-20)23-21(26)18-9-13-24(14-10-18)12-2-11-22/h3-6,17-18H,2,7-10,12-16H2,1H3,(H,23,26). The lowest BCUT2D eigenvalue weighted by atomic mass is 9.95. The lowest BCUT2D eigenvalue weighted by molar-refractivity contribution is -0.121. The zero-order valence-corrected chi connectivity index (χ0v) is 15.8. The quantitative estimate of drug-likeness (QED) is 0.879. The van der Waals surface area contributed by atoms with E-state index in [9.17, 15) is 4.79 Å². The van der Waals surface area contributed by atoms with Crippen molar-refractivity contribution >= 4 is 17.3 Å². The summed E-state index contributed by atoms with van der Waals surface area (Å²) in [5.74, 6) is 1.04. The molecule has 0 aromatic heterocycles. The van der Waals surface area contributed by atoms with Crippen molar-refractivity contribution in [2.45, 2.75) is 39.0 Å². The summed E-state index contributed by atoms with van der Waals surface area (Å²) < 4.78 is 0. The summed E-state index contributed by atoms with van der Waals surface area (Å²) in [4.78, 5) is 17.2. The Hall–Kier alpha value is -2.06. The monoisotopic (exact) mass is 354 g/mol. The molecule has 1 aromatic carbocycles. The molecule has 0 radical (unpaired) electrons. The molecule has 1 N–H and O–H groups in total. The van der Waals surface area contributed by atoms with Crippen LogP contribution in [0, 0.1) is 23.2 Å². The lowest BCUT2D eigenvalue weighted by Gasteiger charge is -2.32. The van der Waals surface area contributed by atoms with Crippen molar-refractivity contribution in [1.29, 1.82) is 5.26 Å². The highest BCUT2D eigenvalue weighted by Crippen LogP contribution is 2.25. The zero-order chi connectivity index (χ0) is 18.4. The van der Waals surface area contributed by atoms with E-state index >= 15 is 0 Å². The van der Waals surface area contributed by atoms with Crippen LogP contribution in [-0.4, -0.2) is 43.5 Å². The first-order chi connectivity index (χ1) is 12.7. The maximum Gasteiger partial charge on any atom is 0.227 e. The maximum atomic E-state index is 12.5. The number of nitrogens with zero attached hydrogens (tertiary/aromatic N) is 3. The van der Waals surface area contributed by atoms with Crippen molar-refractivity contribution in [3.8, 4) is 6.07 Å². The number of hydrogen-bond donors (Lipinski definition) is 1. The third-order valence-corrected chi connectivity index (χ3v) is 5.78. The summed E-state index contributed by atoms with van der Waals surface area (Å²) in [7, 11) is 0. The van der Waals surface area contributed by atoms with Gasteiger partial charge >= 0.3 is 0 Å². The number of anilines is 2. The highest BCUT2D eigenvalue weighted by molar-refractivity contribution is 5.92. The Bertz CT molecular complexity index is 620. The van der Waals surface area contributed by atoms with Gasteiger partial charge in [0, 0.05) is 43.3 Å². The summed E-state index contributed by atoms with van der Waals surface area (Å²) in [6.07, 6.45) is 4.83. The normalized spacial score (nSPS) is 19.9. The number of likely N-dealkylation sites (tertiary alicyclic amines) is 1. The fourth-order valence-electron chi connectivity index (χ4n) is 3.89. The molecule has 0 spiro atoms. The summed E-state index contributed by atoms with van der Waals surface area (Å²) in [6, 6.07) is 10.5. The number of amides is 1. The molecule has 0 atom stereocenters.